The minimum Gasteiger partial charge on any atom is -0.480 e. The normalized spacial score (nSPS) is 20.8. The Bertz CT molecular complexity index is 1260. The Balaban J connectivity index is 1.35. The van der Waals surface area contributed by atoms with Crippen LogP contribution in [0.5, 0.6) is 5.88 Å². The third-order valence-corrected chi connectivity index (χ3v) is 6.51. The highest BCUT2D eigenvalue weighted by Gasteiger charge is 2.39. The van der Waals surface area contributed by atoms with Gasteiger partial charge in [-0.25, -0.2) is 18.9 Å². The molecular formula is C23H26FN7O4. The standard InChI is InChI=1S/C23H26FN7O4/c1-34-22-15(8-14(9-26-22)18-2-3-19-20(25)27-12-28-31(18)19)21(32)29-17-11-30(10-16(17)24)23(33)13-4-6-35-7-5-13/h2-3,8-9,12-13,16-17H,4-7,10-11H2,1H3,(H,29,32)(H2,25,27,28)/t16-,17+/m0/s1. The van der Waals surface area contributed by atoms with Crippen LogP contribution in [0.25, 0.3) is 16.8 Å². The van der Waals surface area contributed by atoms with Gasteiger partial charge in [0.2, 0.25) is 11.8 Å². The Morgan fingerprint density at radius 1 is 1.23 bits per heavy atom. The smallest absolute Gasteiger partial charge is 0.257 e. The number of nitrogen functional groups attached to an aromatic ring is 1. The number of rotatable bonds is 5. The van der Waals surface area contributed by atoms with E-state index in [1.165, 1.54) is 18.3 Å². The molecule has 0 bridgehead atoms. The number of ether oxygens (including phenoxy) is 2. The lowest BCUT2D eigenvalue weighted by Gasteiger charge is -2.26. The van der Waals surface area contributed by atoms with Gasteiger partial charge in [-0.15, -0.1) is 0 Å². The summed E-state index contributed by atoms with van der Waals surface area (Å²) in [6.45, 7) is 1.12. The van der Waals surface area contributed by atoms with E-state index in [4.69, 9.17) is 15.2 Å². The van der Waals surface area contributed by atoms with Crippen LogP contribution in [-0.4, -0.2) is 81.9 Å². The number of likely N-dealkylation sites (tertiary alicyclic amines) is 1. The molecule has 2 saturated heterocycles. The fourth-order valence-corrected chi connectivity index (χ4v) is 4.62. The molecule has 0 saturated carbocycles. The van der Waals surface area contributed by atoms with Gasteiger partial charge in [-0.3, -0.25) is 9.59 Å². The molecule has 0 aromatic carbocycles. The number of methoxy groups -OCH3 is 1. The van der Waals surface area contributed by atoms with Gasteiger partial charge < -0.3 is 25.4 Å². The van der Waals surface area contributed by atoms with E-state index in [0.29, 0.717) is 48.6 Å². The molecule has 2 amide bonds. The number of nitrogens with one attached hydrogen (secondary N) is 1. The van der Waals surface area contributed by atoms with Crippen LogP contribution in [0.2, 0.25) is 0 Å². The SMILES string of the molecule is COc1ncc(-c2ccc3c(N)ncnn23)cc1C(=O)N[C@@H]1CN(C(=O)C2CCOCC2)C[C@@H]1F. The molecule has 2 fully saturated rings. The predicted octanol–water partition coefficient (Wildman–Crippen LogP) is 1.09. The third kappa shape index (κ3) is 4.36. The van der Waals surface area contributed by atoms with Crippen LogP contribution >= 0.6 is 0 Å². The van der Waals surface area contributed by atoms with E-state index < -0.39 is 18.1 Å². The van der Waals surface area contributed by atoms with E-state index in [0.717, 1.165) is 0 Å². The Morgan fingerprint density at radius 2 is 2.03 bits per heavy atom. The molecule has 0 aliphatic carbocycles. The average Bonchev–Trinajstić information content (AvgIpc) is 3.48. The summed E-state index contributed by atoms with van der Waals surface area (Å²) in [4.78, 5) is 35.7. The second kappa shape index (κ2) is 9.45. The molecule has 0 radical (unpaired) electrons. The molecule has 3 N–H and O–H groups in total. The molecule has 0 unspecified atom stereocenters. The van der Waals surface area contributed by atoms with E-state index in [1.54, 1.807) is 28.9 Å². The summed E-state index contributed by atoms with van der Waals surface area (Å²) in [6, 6.07) is 4.33. The number of hydrogen-bond donors (Lipinski definition) is 2. The minimum absolute atomic E-state index is 0.0478. The van der Waals surface area contributed by atoms with Crippen LogP contribution in [0, 0.1) is 5.92 Å². The predicted molar refractivity (Wildman–Crippen MR) is 123 cm³/mol. The highest BCUT2D eigenvalue weighted by molar-refractivity contribution is 5.98. The van der Waals surface area contributed by atoms with Crippen LogP contribution in [0.15, 0.2) is 30.7 Å². The Morgan fingerprint density at radius 3 is 2.80 bits per heavy atom. The van der Waals surface area contributed by atoms with Gasteiger partial charge in [-0.05, 0) is 31.0 Å². The van der Waals surface area contributed by atoms with Crippen LogP contribution in [0.3, 0.4) is 0 Å². The Kier molecular flexibility index (Phi) is 6.20. The maximum atomic E-state index is 14.8. The van der Waals surface area contributed by atoms with Crippen molar-refractivity contribution in [3.05, 3.63) is 36.3 Å². The zero-order valence-electron chi connectivity index (χ0n) is 19.2. The molecule has 2 atom stereocenters. The number of anilines is 1. The lowest BCUT2D eigenvalue weighted by Crippen LogP contribution is -2.42. The van der Waals surface area contributed by atoms with Gasteiger partial charge in [-0.1, -0.05) is 0 Å². The van der Waals surface area contributed by atoms with Crippen LogP contribution in [0.1, 0.15) is 23.2 Å². The molecule has 5 heterocycles. The molecule has 12 heteroatoms. The number of carbonyl (C=O) groups is 2. The summed E-state index contributed by atoms with van der Waals surface area (Å²) in [5, 5.41) is 6.94. The maximum Gasteiger partial charge on any atom is 0.257 e. The lowest BCUT2D eigenvalue weighted by atomic mass is 9.99. The lowest BCUT2D eigenvalue weighted by molar-refractivity contribution is -0.137. The molecule has 5 rings (SSSR count). The molecule has 35 heavy (non-hydrogen) atoms. The number of fused-ring (bicyclic) bond motifs is 1. The van der Waals surface area contributed by atoms with Gasteiger partial charge in [0.1, 0.15) is 23.6 Å². The number of alkyl halides is 1. The zero-order chi connectivity index (χ0) is 24.5. The number of amides is 2. The largest absolute Gasteiger partial charge is 0.480 e. The van der Waals surface area contributed by atoms with Gasteiger partial charge in [0.15, 0.2) is 5.82 Å². The number of carbonyl (C=O) groups excluding carboxylic acids is 2. The fourth-order valence-electron chi connectivity index (χ4n) is 4.62. The van der Waals surface area contributed by atoms with Crippen molar-refractivity contribution in [2.45, 2.75) is 25.1 Å². The van der Waals surface area contributed by atoms with Gasteiger partial charge in [-0.2, -0.15) is 5.10 Å². The first-order chi connectivity index (χ1) is 17.0. The van der Waals surface area contributed by atoms with Crippen molar-refractivity contribution in [1.29, 1.82) is 0 Å². The first-order valence-electron chi connectivity index (χ1n) is 11.4. The van der Waals surface area contributed by atoms with Crippen molar-refractivity contribution in [3.63, 3.8) is 0 Å². The zero-order valence-corrected chi connectivity index (χ0v) is 19.2. The topological polar surface area (TPSA) is 137 Å². The Hall–Kier alpha value is -3.80. The van der Waals surface area contributed by atoms with E-state index >= 15 is 0 Å². The van der Waals surface area contributed by atoms with Gasteiger partial charge in [0.25, 0.3) is 5.91 Å². The van der Waals surface area contributed by atoms with Crippen molar-refractivity contribution < 1.29 is 23.5 Å². The molecule has 11 nitrogen and oxygen atoms in total. The number of pyridine rings is 1. The van der Waals surface area contributed by atoms with Gasteiger partial charge >= 0.3 is 0 Å². The van der Waals surface area contributed by atoms with E-state index in [2.05, 4.69) is 20.4 Å². The first kappa shape index (κ1) is 23.0. The Labute approximate surface area is 200 Å². The van der Waals surface area contributed by atoms with E-state index in [1.807, 2.05) is 0 Å². The maximum absolute atomic E-state index is 14.8. The van der Waals surface area contributed by atoms with Gasteiger partial charge in [0.05, 0.1) is 25.4 Å². The van der Waals surface area contributed by atoms with Crippen molar-refractivity contribution in [1.82, 2.24) is 29.8 Å². The van der Waals surface area contributed by atoms with Crippen molar-refractivity contribution in [2.24, 2.45) is 5.92 Å². The number of hydrogen-bond acceptors (Lipinski definition) is 8. The highest BCUT2D eigenvalue weighted by atomic mass is 19.1. The third-order valence-electron chi connectivity index (χ3n) is 6.51. The molecule has 0 spiro atoms. The molecule has 184 valence electrons. The second-order valence-electron chi connectivity index (χ2n) is 8.67. The van der Waals surface area contributed by atoms with Crippen molar-refractivity contribution >= 4 is 23.1 Å². The van der Waals surface area contributed by atoms with Crippen LogP contribution < -0.4 is 15.8 Å². The summed E-state index contributed by atoms with van der Waals surface area (Å²) in [7, 11) is 1.40. The molecule has 2 aliphatic heterocycles. The fraction of sp³-hybridized carbons (Fsp3) is 0.435. The summed E-state index contributed by atoms with van der Waals surface area (Å²) in [5.41, 5.74) is 7.91. The molecular weight excluding hydrogens is 457 g/mol. The first-order valence-corrected chi connectivity index (χ1v) is 11.4. The van der Waals surface area contributed by atoms with Crippen molar-refractivity contribution in [3.8, 4) is 17.1 Å². The summed E-state index contributed by atoms with van der Waals surface area (Å²) in [6.07, 6.45) is 2.77. The molecule has 3 aromatic heterocycles. The number of nitrogens with zero attached hydrogens (tertiary/aromatic N) is 5. The highest BCUT2D eigenvalue weighted by Crippen LogP contribution is 2.28. The average molecular weight is 484 g/mol. The van der Waals surface area contributed by atoms with Crippen LogP contribution in [-0.2, 0) is 9.53 Å². The van der Waals surface area contributed by atoms with Gasteiger partial charge in [0, 0.05) is 37.4 Å². The molecule has 3 aromatic rings. The van der Waals surface area contributed by atoms with E-state index in [-0.39, 0.29) is 36.4 Å². The summed E-state index contributed by atoms with van der Waals surface area (Å²) in [5.74, 6) is -0.374. The summed E-state index contributed by atoms with van der Waals surface area (Å²) < 4.78 is 27.0. The summed E-state index contributed by atoms with van der Waals surface area (Å²) >= 11 is 0. The molecule has 2 aliphatic rings. The quantitative estimate of drug-likeness (QED) is 0.550. The number of aromatic nitrogens is 4. The van der Waals surface area contributed by atoms with Crippen molar-refractivity contribution in [2.75, 3.05) is 39.1 Å². The van der Waals surface area contributed by atoms with Crippen LogP contribution in [0.4, 0.5) is 10.2 Å². The van der Waals surface area contributed by atoms with E-state index in [9.17, 15) is 14.0 Å². The number of nitrogens with two attached hydrogens (primary N) is 1. The monoisotopic (exact) mass is 483 g/mol. The minimum atomic E-state index is -1.38. The second-order valence-corrected chi connectivity index (χ2v) is 8.67. The number of halogens is 1.